The van der Waals surface area contributed by atoms with E-state index in [0.29, 0.717) is 54.0 Å². The van der Waals surface area contributed by atoms with E-state index in [1.165, 1.54) is 18.5 Å². The molecule has 0 atom stereocenters. The molecular weight excluding hydrogens is 501 g/mol. The summed E-state index contributed by atoms with van der Waals surface area (Å²) in [4.78, 5) is 16.6. The summed E-state index contributed by atoms with van der Waals surface area (Å²) >= 11 is 0. The van der Waals surface area contributed by atoms with Crippen molar-refractivity contribution in [3.8, 4) is 17.2 Å². The van der Waals surface area contributed by atoms with Gasteiger partial charge in [0.05, 0.1) is 24.5 Å². The van der Waals surface area contributed by atoms with Crippen LogP contribution in [0.15, 0.2) is 61.2 Å². The first kappa shape index (κ1) is 26.0. The van der Waals surface area contributed by atoms with Crippen molar-refractivity contribution in [3.63, 3.8) is 0 Å². The zero-order valence-corrected chi connectivity index (χ0v) is 21.6. The number of ether oxygens (including phenoxy) is 3. The average molecular weight is 530 g/mol. The molecule has 39 heavy (non-hydrogen) atoms. The van der Waals surface area contributed by atoms with Gasteiger partial charge in [0.1, 0.15) is 53.5 Å². The number of nitrogen functional groups attached to an aromatic ring is 1. The molecule has 1 saturated heterocycles. The van der Waals surface area contributed by atoms with Crippen molar-refractivity contribution in [2.24, 2.45) is 5.41 Å². The maximum absolute atomic E-state index is 14.3. The van der Waals surface area contributed by atoms with Crippen LogP contribution in [0, 0.1) is 23.6 Å². The summed E-state index contributed by atoms with van der Waals surface area (Å²) in [5.74, 6) is 1.90. The van der Waals surface area contributed by atoms with Gasteiger partial charge in [-0.25, -0.2) is 24.3 Å². The van der Waals surface area contributed by atoms with E-state index in [1.807, 2.05) is 0 Å². The maximum Gasteiger partial charge on any atom is 0.141 e. The fourth-order valence-corrected chi connectivity index (χ4v) is 3.94. The molecule has 4 aromatic rings. The van der Waals surface area contributed by atoms with E-state index < -0.39 is 5.82 Å². The van der Waals surface area contributed by atoms with Gasteiger partial charge in [-0.3, -0.25) is 5.41 Å². The summed E-state index contributed by atoms with van der Waals surface area (Å²) in [6.07, 6.45) is 4.70. The summed E-state index contributed by atoms with van der Waals surface area (Å²) in [5.41, 5.74) is 8.09. The van der Waals surface area contributed by atoms with Gasteiger partial charge in [0.15, 0.2) is 0 Å². The highest BCUT2D eigenvalue weighted by molar-refractivity contribution is 6.16. The summed E-state index contributed by atoms with van der Waals surface area (Å²) < 4.78 is 31.1. The first-order valence-corrected chi connectivity index (χ1v) is 12.3. The molecule has 0 unspecified atom stereocenters. The van der Waals surface area contributed by atoms with Crippen molar-refractivity contribution in [1.29, 1.82) is 5.41 Å². The molecular formula is C28H28FN7O3. The topological polar surface area (TPSA) is 141 Å². The Morgan fingerprint density at radius 3 is 2.46 bits per heavy atom. The second-order valence-electron chi connectivity index (χ2n) is 9.69. The van der Waals surface area contributed by atoms with Crippen molar-refractivity contribution < 1.29 is 18.6 Å². The van der Waals surface area contributed by atoms with Crippen LogP contribution in [0.1, 0.15) is 29.4 Å². The van der Waals surface area contributed by atoms with Gasteiger partial charge in [-0.05, 0) is 31.2 Å². The fourth-order valence-electron chi connectivity index (χ4n) is 3.94. The van der Waals surface area contributed by atoms with Crippen molar-refractivity contribution in [3.05, 3.63) is 89.5 Å². The second-order valence-corrected chi connectivity index (χ2v) is 9.69. The van der Waals surface area contributed by atoms with Crippen molar-refractivity contribution >= 4 is 17.3 Å². The third-order valence-electron chi connectivity index (χ3n) is 6.17. The van der Waals surface area contributed by atoms with Crippen LogP contribution < -0.4 is 20.5 Å². The first-order valence-electron chi connectivity index (χ1n) is 12.3. The highest BCUT2D eigenvalue weighted by Crippen LogP contribution is 2.30. The molecule has 0 saturated carbocycles. The van der Waals surface area contributed by atoms with Gasteiger partial charge in [0.25, 0.3) is 0 Å². The Morgan fingerprint density at radius 1 is 1.05 bits per heavy atom. The molecule has 1 fully saturated rings. The zero-order valence-electron chi connectivity index (χ0n) is 21.6. The van der Waals surface area contributed by atoms with E-state index in [2.05, 4.69) is 32.2 Å². The monoisotopic (exact) mass is 529 g/mol. The van der Waals surface area contributed by atoms with Crippen LogP contribution in [0.4, 0.5) is 16.0 Å². The minimum absolute atomic E-state index is 0.00899. The molecule has 10 nitrogen and oxygen atoms in total. The molecule has 0 amide bonds. The summed E-state index contributed by atoms with van der Waals surface area (Å²) in [5, 5.41) is 12.1. The zero-order chi connectivity index (χ0) is 27.4. The van der Waals surface area contributed by atoms with Crippen LogP contribution >= 0.6 is 0 Å². The van der Waals surface area contributed by atoms with Gasteiger partial charge in [-0.15, -0.1) is 0 Å². The molecule has 5 rings (SSSR count). The number of nitrogens with two attached hydrogens (primary N) is 1. The van der Waals surface area contributed by atoms with E-state index in [9.17, 15) is 4.39 Å². The molecule has 2 aromatic carbocycles. The normalized spacial score (nSPS) is 13.8. The fraction of sp³-hybridized carbons (Fsp3) is 0.250. The van der Waals surface area contributed by atoms with Crippen molar-refractivity contribution in [2.75, 3.05) is 30.8 Å². The third kappa shape index (κ3) is 6.27. The van der Waals surface area contributed by atoms with Crippen LogP contribution in [0.25, 0.3) is 0 Å². The number of benzene rings is 2. The number of hydrogen-bond acceptors (Lipinski definition) is 10. The Balaban J connectivity index is 1.27. The quantitative estimate of drug-likeness (QED) is 0.253. The Hall–Kier alpha value is -4.64. The summed E-state index contributed by atoms with van der Waals surface area (Å²) in [6, 6.07) is 11.0. The number of anilines is 2. The van der Waals surface area contributed by atoms with Crippen LogP contribution in [0.2, 0.25) is 0 Å². The SMILES string of the molecule is Cc1ncc(COc2cc(F)cc(Oc3ccc(C(=N)c4c(N)ncnc4NCC4(C)COC4)cc3)c2)cn1. The lowest BCUT2D eigenvalue weighted by Gasteiger charge is -2.38. The molecule has 1 aliphatic heterocycles. The van der Waals surface area contributed by atoms with Gasteiger partial charge in [0, 0.05) is 53.7 Å². The number of aryl methyl sites for hydroxylation is 1. The number of aromatic nitrogens is 4. The molecule has 4 N–H and O–H groups in total. The molecule has 2 aromatic heterocycles. The molecule has 1 aliphatic rings. The smallest absolute Gasteiger partial charge is 0.141 e. The van der Waals surface area contributed by atoms with E-state index >= 15 is 0 Å². The maximum atomic E-state index is 14.3. The molecule has 200 valence electrons. The Kier molecular flexibility index (Phi) is 7.33. The van der Waals surface area contributed by atoms with E-state index in [1.54, 1.807) is 49.6 Å². The first-order chi connectivity index (χ1) is 18.8. The summed E-state index contributed by atoms with van der Waals surface area (Å²) in [6.45, 7) is 6.06. The van der Waals surface area contributed by atoms with Gasteiger partial charge < -0.3 is 25.3 Å². The lowest BCUT2D eigenvalue weighted by Crippen LogP contribution is -2.45. The van der Waals surface area contributed by atoms with Gasteiger partial charge in [0.2, 0.25) is 0 Å². The third-order valence-corrected chi connectivity index (χ3v) is 6.17. The van der Waals surface area contributed by atoms with E-state index in [0.717, 1.165) is 5.56 Å². The van der Waals surface area contributed by atoms with E-state index in [4.69, 9.17) is 25.4 Å². The molecule has 0 spiro atoms. The number of hydrogen-bond donors (Lipinski definition) is 3. The molecule has 11 heteroatoms. The number of halogens is 1. The Labute approximate surface area is 224 Å². The predicted octanol–water partition coefficient (Wildman–Crippen LogP) is 4.53. The largest absolute Gasteiger partial charge is 0.489 e. The molecule has 3 heterocycles. The average Bonchev–Trinajstić information content (AvgIpc) is 2.90. The number of rotatable bonds is 10. The highest BCUT2D eigenvalue weighted by atomic mass is 19.1. The predicted molar refractivity (Wildman–Crippen MR) is 144 cm³/mol. The van der Waals surface area contributed by atoms with Crippen molar-refractivity contribution in [1.82, 2.24) is 19.9 Å². The molecule has 0 bridgehead atoms. The minimum atomic E-state index is -0.497. The lowest BCUT2D eigenvalue weighted by molar-refractivity contribution is -0.0924. The molecule has 0 aliphatic carbocycles. The van der Waals surface area contributed by atoms with Crippen LogP contribution in [-0.2, 0) is 11.3 Å². The standard InChI is InChI=1S/C28H28FN7O3/c1-17-32-10-18(11-33-17)12-38-22-7-20(29)8-23(9-22)39-21-5-3-19(4-6-21)25(30)24-26(31)35-16-36-27(24)34-13-28(2)14-37-15-28/h3-11,16,30H,12-15H2,1-2H3,(H3,31,34,35,36). The second kappa shape index (κ2) is 11.0. The highest BCUT2D eigenvalue weighted by Gasteiger charge is 2.33. The Bertz CT molecular complexity index is 1480. The van der Waals surface area contributed by atoms with Gasteiger partial charge in [-0.1, -0.05) is 6.92 Å². The number of nitrogens with one attached hydrogen (secondary N) is 2. The number of nitrogens with zero attached hydrogens (tertiary/aromatic N) is 4. The van der Waals surface area contributed by atoms with Crippen LogP contribution in [0.5, 0.6) is 17.2 Å². The summed E-state index contributed by atoms with van der Waals surface area (Å²) in [7, 11) is 0. The van der Waals surface area contributed by atoms with Crippen LogP contribution in [-0.4, -0.2) is 45.4 Å². The molecule has 0 radical (unpaired) electrons. The van der Waals surface area contributed by atoms with E-state index in [-0.39, 0.29) is 29.3 Å². The van der Waals surface area contributed by atoms with Gasteiger partial charge in [-0.2, -0.15) is 0 Å². The Morgan fingerprint density at radius 2 is 1.77 bits per heavy atom. The van der Waals surface area contributed by atoms with Gasteiger partial charge >= 0.3 is 0 Å². The lowest BCUT2D eigenvalue weighted by atomic mass is 9.88. The van der Waals surface area contributed by atoms with Crippen molar-refractivity contribution in [2.45, 2.75) is 20.5 Å². The van der Waals surface area contributed by atoms with Crippen LogP contribution in [0.3, 0.4) is 0 Å². The minimum Gasteiger partial charge on any atom is -0.489 e.